The zero-order chi connectivity index (χ0) is 16.3. The van der Waals surface area contributed by atoms with Gasteiger partial charge in [0.25, 0.3) is 0 Å². The van der Waals surface area contributed by atoms with Crippen molar-refractivity contribution in [1.29, 1.82) is 0 Å². The van der Waals surface area contributed by atoms with Crippen LogP contribution in [0.5, 0.6) is 0 Å². The lowest BCUT2D eigenvalue weighted by molar-refractivity contribution is 0.0567. The minimum atomic E-state index is -2.29. The van der Waals surface area contributed by atoms with Crippen LogP contribution >= 0.6 is 0 Å². The molecule has 0 aliphatic heterocycles. The molecule has 0 radical (unpaired) electrons. The predicted molar refractivity (Wildman–Crippen MR) is 93.5 cm³/mol. The van der Waals surface area contributed by atoms with Gasteiger partial charge in [-0.3, -0.25) is 0 Å². The van der Waals surface area contributed by atoms with E-state index in [0.29, 0.717) is 0 Å². The van der Waals surface area contributed by atoms with Crippen LogP contribution in [0.2, 0.25) is 6.55 Å². The number of carbonyl (C=O) groups excluding carboxylic acids is 1. The summed E-state index contributed by atoms with van der Waals surface area (Å²) in [6.07, 6.45) is 0. The molecule has 1 heterocycles. The predicted octanol–water partition coefficient (Wildman–Crippen LogP) is 2.17. The largest absolute Gasteiger partial charge is 0.463 e. The number of hydrogen-bond donors (Lipinski definition) is 0. The van der Waals surface area contributed by atoms with Crippen LogP contribution in [0, 0.1) is 0 Å². The van der Waals surface area contributed by atoms with Gasteiger partial charge in [0.15, 0.2) is 8.07 Å². The highest BCUT2D eigenvalue weighted by molar-refractivity contribution is 7.10. The van der Waals surface area contributed by atoms with Crippen LogP contribution in [-0.4, -0.2) is 21.2 Å². The maximum absolute atomic E-state index is 11.7. The molecule has 0 aliphatic rings. The van der Waals surface area contributed by atoms with Gasteiger partial charge in [-0.1, -0.05) is 67.2 Å². The van der Waals surface area contributed by atoms with Crippen LogP contribution in [0.15, 0.2) is 77.2 Å². The number of carbonyl (C=O) groups is 1. The number of hydrogen-bond acceptors (Lipinski definition) is 3. The van der Waals surface area contributed by atoms with E-state index < -0.39 is 14.0 Å². The first-order valence-corrected chi connectivity index (χ1v) is 9.96. The third-order valence-corrected chi connectivity index (χ3v) is 8.42. The van der Waals surface area contributed by atoms with Crippen molar-refractivity contribution in [2.45, 2.75) is 6.55 Å². The second-order valence-corrected chi connectivity index (χ2v) is 9.41. The maximum atomic E-state index is 11.7. The van der Waals surface area contributed by atoms with E-state index in [0.717, 1.165) is 5.38 Å². The van der Waals surface area contributed by atoms with Crippen molar-refractivity contribution in [3.05, 3.63) is 78.6 Å². The summed E-state index contributed by atoms with van der Waals surface area (Å²) in [5.74, 6) is -0.207. The molecule has 0 saturated heterocycles. The molecule has 4 heteroatoms. The molecule has 23 heavy (non-hydrogen) atoms. The lowest BCUT2D eigenvalue weighted by Crippen LogP contribution is -2.64. The molecule has 0 bridgehead atoms. The average Bonchev–Trinajstić information content (AvgIpc) is 3.12. The normalized spacial score (nSPS) is 11.2. The zero-order valence-electron chi connectivity index (χ0n) is 13.2. The van der Waals surface area contributed by atoms with Crippen molar-refractivity contribution in [2.24, 2.45) is 0 Å². The van der Waals surface area contributed by atoms with E-state index in [1.54, 1.807) is 6.07 Å². The Morgan fingerprint density at radius 3 is 1.87 bits per heavy atom. The third kappa shape index (κ3) is 2.73. The topological polar surface area (TPSA) is 39.4 Å². The summed E-state index contributed by atoms with van der Waals surface area (Å²) in [4.78, 5) is 11.7. The molecule has 3 rings (SSSR count). The number of methoxy groups -OCH3 is 1. The second-order valence-electron chi connectivity index (χ2n) is 5.51. The van der Waals surface area contributed by atoms with Crippen LogP contribution in [0.1, 0.15) is 10.6 Å². The second kappa shape index (κ2) is 6.26. The molecule has 0 atom stereocenters. The highest BCUT2D eigenvalue weighted by Crippen LogP contribution is 2.10. The van der Waals surface area contributed by atoms with Gasteiger partial charge < -0.3 is 9.15 Å². The van der Waals surface area contributed by atoms with Crippen LogP contribution in [-0.2, 0) is 4.74 Å². The molecule has 3 aromatic rings. The average molecular weight is 322 g/mol. The van der Waals surface area contributed by atoms with Crippen LogP contribution in [0.25, 0.3) is 0 Å². The first-order chi connectivity index (χ1) is 11.2. The lowest BCUT2D eigenvalue weighted by Gasteiger charge is -2.26. The molecule has 1 aromatic heterocycles. The maximum Gasteiger partial charge on any atom is 0.373 e. The van der Waals surface area contributed by atoms with Crippen molar-refractivity contribution < 1.29 is 13.9 Å². The summed E-state index contributed by atoms with van der Waals surface area (Å²) in [6, 6.07) is 24.2. The molecule has 0 aliphatic carbocycles. The minimum absolute atomic E-state index is 0.244. The Kier molecular flexibility index (Phi) is 4.17. The van der Waals surface area contributed by atoms with Gasteiger partial charge in [0.05, 0.1) is 12.5 Å². The number of benzene rings is 2. The van der Waals surface area contributed by atoms with E-state index in [1.165, 1.54) is 17.5 Å². The standard InChI is InChI=1S/C19H18O3Si/c1-21-19(20)17-13-14-18(22-17)23(2,15-9-5-3-6-10-15)16-11-7-4-8-12-16/h3-14H,1-2H3. The van der Waals surface area contributed by atoms with E-state index in [4.69, 9.17) is 9.15 Å². The Hall–Kier alpha value is -2.59. The molecule has 116 valence electrons. The quantitative estimate of drug-likeness (QED) is 0.546. The highest BCUT2D eigenvalue weighted by atomic mass is 28.3. The summed E-state index contributed by atoms with van der Waals surface area (Å²) in [6.45, 7) is 2.23. The lowest BCUT2D eigenvalue weighted by atomic mass is 10.4. The molecule has 2 aromatic carbocycles. The van der Waals surface area contributed by atoms with E-state index in [1.807, 2.05) is 42.5 Å². The minimum Gasteiger partial charge on any atom is -0.463 e. The first kappa shape index (κ1) is 15.3. The molecule has 0 amide bonds. The highest BCUT2D eigenvalue weighted by Gasteiger charge is 2.37. The van der Waals surface area contributed by atoms with Gasteiger partial charge in [0.2, 0.25) is 5.76 Å². The van der Waals surface area contributed by atoms with Crippen molar-refractivity contribution >= 4 is 29.8 Å². The number of ether oxygens (including phenoxy) is 1. The molecule has 0 saturated carbocycles. The first-order valence-electron chi connectivity index (χ1n) is 7.46. The summed E-state index contributed by atoms with van der Waals surface area (Å²) < 4.78 is 10.7. The van der Waals surface area contributed by atoms with Crippen molar-refractivity contribution in [3.8, 4) is 0 Å². The van der Waals surface area contributed by atoms with Gasteiger partial charge in [-0.25, -0.2) is 4.79 Å². The van der Waals surface area contributed by atoms with Gasteiger partial charge in [0.1, 0.15) is 0 Å². The zero-order valence-corrected chi connectivity index (χ0v) is 14.2. The molecule has 0 N–H and O–H groups in total. The van der Waals surface area contributed by atoms with Crippen LogP contribution in [0.4, 0.5) is 0 Å². The van der Waals surface area contributed by atoms with Crippen LogP contribution in [0.3, 0.4) is 0 Å². The summed E-state index contributed by atoms with van der Waals surface area (Å²) in [5.41, 5.74) is 0. The SMILES string of the molecule is COC(=O)c1ccc([Si](C)(c2ccccc2)c2ccccc2)o1. The summed E-state index contributed by atoms with van der Waals surface area (Å²) in [7, 11) is -0.933. The van der Waals surface area contributed by atoms with E-state index >= 15 is 0 Å². The van der Waals surface area contributed by atoms with E-state index in [9.17, 15) is 4.79 Å². The Balaban J connectivity index is 2.17. The molecule has 0 unspecified atom stereocenters. The Morgan fingerprint density at radius 1 is 0.870 bits per heavy atom. The Morgan fingerprint density at radius 2 is 1.39 bits per heavy atom. The van der Waals surface area contributed by atoms with Crippen molar-refractivity contribution in [1.82, 2.24) is 0 Å². The van der Waals surface area contributed by atoms with Gasteiger partial charge in [-0.15, -0.1) is 0 Å². The Bertz CT molecular complexity index is 754. The number of rotatable bonds is 4. The fourth-order valence-corrected chi connectivity index (χ4v) is 6.16. The monoisotopic (exact) mass is 322 g/mol. The molecular formula is C19H18O3Si. The van der Waals surface area contributed by atoms with E-state index in [2.05, 4.69) is 30.8 Å². The van der Waals surface area contributed by atoms with Gasteiger partial charge in [0, 0.05) is 0 Å². The third-order valence-electron chi connectivity index (χ3n) is 4.19. The number of esters is 1. The van der Waals surface area contributed by atoms with Gasteiger partial charge in [-0.05, 0) is 22.5 Å². The number of furan rings is 1. The van der Waals surface area contributed by atoms with Gasteiger partial charge in [-0.2, -0.15) is 0 Å². The Labute approximate surface area is 136 Å². The van der Waals surface area contributed by atoms with Crippen LogP contribution < -0.4 is 15.8 Å². The molecule has 3 nitrogen and oxygen atoms in total. The molecule has 0 fully saturated rings. The molecular weight excluding hydrogens is 304 g/mol. The summed E-state index contributed by atoms with van der Waals surface area (Å²) >= 11 is 0. The molecule has 0 spiro atoms. The van der Waals surface area contributed by atoms with Crippen molar-refractivity contribution in [3.63, 3.8) is 0 Å². The smallest absolute Gasteiger partial charge is 0.373 e. The van der Waals surface area contributed by atoms with E-state index in [-0.39, 0.29) is 5.76 Å². The fourth-order valence-electron chi connectivity index (χ4n) is 2.81. The fraction of sp³-hybridized carbons (Fsp3) is 0.105. The van der Waals surface area contributed by atoms with Crippen molar-refractivity contribution in [2.75, 3.05) is 7.11 Å². The van der Waals surface area contributed by atoms with Gasteiger partial charge >= 0.3 is 5.97 Å². The summed E-state index contributed by atoms with van der Waals surface area (Å²) in [5, 5.41) is 3.31.